The van der Waals surface area contributed by atoms with Gasteiger partial charge in [-0.3, -0.25) is 4.90 Å². The average Bonchev–Trinajstić information content (AvgIpc) is 2.38. The van der Waals surface area contributed by atoms with Crippen LogP contribution in [-0.2, 0) is 6.54 Å². The molecular weight excluding hydrogens is 295 g/mol. The van der Waals surface area contributed by atoms with Crippen LogP contribution >= 0.6 is 15.9 Å². The molecular formula is C14H20BrFN2. The first kappa shape index (κ1) is 14.0. The Morgan fingerprint density at radius 2 is 1.83 bits per heavy atom. The molecule has 0 bridgehead atoms. The standard InChI is InChI=1S/C14H20BrFN2/c1-2-6-17-7-9-18(10-8-17)11-12-4-3-5-13(16)14(12)15/h3-5H,2,6-11H2,1H3. The van der Waals surface area contributed by atoms with Crippen LogP contribution in [0, 0.1) is 5.82 Å². The van der Waals surface area contributed by atoms with Crippen molar-refractivity contribution in [3.05, 3.63) is 34.1 Å². The van der Waals surface area contributed by atoms with E-state index in [9.17, 15) is 4.39 Å². The Morgan fingerprint density at radius 3 is 2.50 bits per heavy atom. The maximum absolute atomic E-state index is 13.4. The van der Waals surface area contributed by atoms with Gasteiger partial charge in [-0.15, -0.1) is 0 Å². The van der Waals surface area contributed by atoms with Gasteiger partial charge in [0.2, 0.25) is 0 Å². The lowest BCUT2D eigenvalue weighted by atomic mass is 10.2. The monoisotopic (exact) mass is 314 g/mol. The highest BCUT2D eigenvalue weighted by Crippen LogP contribution is 2.22. The van der Waals surface area contributed by atoms with Crippen molar-refractivity contribution in [1.82, 2.24) is 9.80 Å². The van der Waals surface area contributed by atoms with Gasteiger partial charge in [-0.1, -0.05) is 19.1 Å². The van der Waals surface area contributed by atoms with Crippen LogP contribution in [0.4, 0.5) is 4.39 Å². The van der Waals surface area contributed by atoms with Crippen molar-refractivity contribution < 1.29 is 4.39 Å². The summed E-state index contributed by atoms with van der Waals surface area (Å²) in [6.45, 7) is 8.64. The highest BCUT2D eigenvalue weighted by Gasteiger charge is 2.17. The predicted molar refractivity (Wildman–Crippen MR) is 76.1 cm³/mol. The lowest BCUT2D eigenvalue weighted by Gasteiger charge is -2.34. The number of hydrogen-bond acceptors (Lipinski definition) is 2. The van der Waals surface area contributed by atoms with E-state index in [2.05, 4.69) is 32.7 Å². The van der Waals surface area contributed by atoms with Gasteiger partial charge >= 0.3 is 0 Å². The minimum Gasteiger partial charge on any atom is -0.301 e. The summed E-state index contributed by atoms with van der Waals surface area (Å²) >= 11 is 3.33. The Morgan fingerprint density at radius 1 is 1.17 bits per heavy atom. The normalized spacial score (nSPS) is 18.2. The summed E-state index contributed by atoms with van der Waals surface area (Å²) in [4.78, 5) is 4.89. The van der Waals surface area contributed by atoms with Crippen LogP contribution in [0.5, 0.6) is 0 Å². The third kappa shape index (κ3) is 3.53. The third-order valence-electron chi connectivity index (χ3n) is 3.43. The van der Waals surface area contributed by atoms with E-state index < -0.39 is 0 Å². The molecule has 0 N–H and O–H groups in total. The molecule has 2 rings (SSSR count). The van der Waals surface area contributed by atoms with Crippen molar-refractivity contribution in [2.75, 3.05) is 32.7 Å². The van der Waals surface area contributed by atoms with Gasteiger partial charge in [-0.05, 0) is 40.5 Å². The molecule has 0 radical (unpaired) electrons. The van der Waals surface area contributed by atoms with Crippen LogP contribution in [0.25, 0.3) is 0 Å². The van der Waals surface area contributed by atoms with E-state index >= 15 is 0 Å². The number of benzene rings is 1. The molecule has 1 heterocycles. The molecule has 2 nitrogen and oxygen atoms in total. The van der Waals surface area contributed by atoms with Crippen LogP contribution in [0.3, 0.4) is 0 Å². The van der Waals surface area contributed by atoms with Crippen molar-refractivity contribution in [1.29, 1.82) is 0 Å². The quantitative estimate of drug-likeness (QED) is 0.842. The topological polar surface area (TPSA) is 6.48 Å². The second-order valence-corrected chi connectivity index (χ2v) is 5.62. The average molecular weight is 315 g/mol. The molecule has 1 aliphatic heterocycles. The fraction of sp³-hybridized carbons (Fsp3) is 0.571. The molecule has 0 spiro atoms. The Kier molecular flexibility index (Phi) is 5.15. The predicted octanol–water partition coefficient (Wildman–Crippen LogP) is 3.12. The van der Waals surface area contributed by atoms with E-state index in [1.807, 2.05) is 6.07 Å². The molecule has 1 aromatic rings. The SMILES string of the molecule is CCCN1CCN(Cc2cccc(F)c2Br)CC1. The number of nitrogens with zero attached hydrogens (tertiary/aromatic N) is 2. The van der Waals surface area contributed by atoms with Gasteiger partial charge in [-0.25, -0.2) is 4.39 Å². The first-order valence-corrected chi connectivity index (χ1v) is 7.37. The fourth-order valence-electron chi connectivity index (χ4n) is 2.40. The van der Waals surface area contributed by atoms with E-state index in [0.29, 0.717) is 4.47 Å². The molecule has 18 heavy (non-hydrogen) atoms. The summed E-state index contributed by atoms with van der Waals surface area (Å²) < 4.78 is 14.0. The largest absolute Gasteiger partial charge is 0.301 e. The number of hydrogen-bond donors (Lipinski definition) is 0. The molecule has 100 valence electrons. The van der Waals surface area contributed by atoms with Crippen LogP contribution in [0.2, 0.25) is 0 Å². The van der Waals surface area contributed by atoms with Gasteiger partial charge < -0.3 is 4.90 Å². The van der Waals surface area contributed by atoms with Crippen LogP contribution in [0.15, 0.2) is 22.7 Å². The maximum Gasteiger partial charge on any atom is 0.137 e. The summed E-state index contributed by atoms with van der Waals surface area (Å²) in [5.41, 5.74) is 1.04. The summed E-state index contributed by atoms with van der Waals surface area (Å²) in [7, 11) is 0. The first-order chi connectivity index (χ1) is 8.70. The molecule has 0 saturated carbocycles. The lowest BCUT2D eigenvalue weighted by molar-refractivity contribution is 0.127. The van der Waals surface area contributed by atoms with Gasteiger partial charge in [0.05, 0.1) is 4.47 Å². The molecule has 1 aliphatic rings. The molecule has 4 heteroatoms. The zero-order chi connectivity index (χ0) is 13.0. The van der Waals surface area contributed by atoms with Gasteiger partial charge in [0.15, 0.2) is 0 Å². The maximum atomic E-state index is 13.4. The van der Waals surface area contributed by atoms with E-state index in [0.717, 1.165) is 38.3 Å². The highest BCUT2D eigenvalue weighted by atomic mass is 79.9. The molecule has 0 aliphatic carbocycles. The fourth-order valence-corrected chi connectivity index (χ4v) is 2.79. The van der Waals surface area contributed by atoms with Crippen LogP contribution < -0.4 is 0 Å². The summed E-state index contributed by atoms with van der Waals surface area (Å²) in [5.74, 6) is -0.169. The number of rotatable bonds is 4. The van der Waals surface area contributed by atoms with Crippen molar-refractivity contribution in [3.8, 4) is 0 Å². The highest BCUT2D eigenvalue weighted by molar-refractivity contribution is 9.10. The van der Waals surface area contributed by atoms with E-state index in [1.54, 1.807) is 6.07 Å². The lowest BCUT2D eigenvalue weighted by Crippen LogP contribution is -2.46. The Bertz CT molecular complexity index is 389. The third-order valence-corrected chi connectivity index (χ3v) is 4.32. The summed E-state index contributed by atoms with van der Waals surface area (Å²) in [6, 6.07) is 5.26. The Balaban J connectivity index is 1.90. The van der Waals surface area contributed by atoms with Gasteiger partial charge in [0.25, 0.3) is 0 Å². The van der Waals surface area contributed by atoms with E-state index in [1.165, 1.54) is 19.0 Å². The Hall–Kier alpha value is -0.450. The Labute approximate surface area is 117 Å². The van der Waals surface area contributed by atoms with Gasteiger partial charge in [0.1, 0.15) is 5.82 Å². The smallest absolute Gasteiger partial charge is 0.137 e. The molecule has 0 atom stereocenters. The number of piperazine rings is 1. The molecule has 0 amide bonds. The molecule has 1 saturated heterocycles. The molecule has 1 aromatic carbocycles. The minimum atomic E-state index is -0.169. The van der Waals surface area contributed by atoms with Gasteiger partial charge in [0, 0.05) is 32.7 Å². The van der Waals surface area contributed by atoms with Crippen molar-refractivity contribution in [2.24, 2.45) is 0 Å². The minimum absolute atomic E-state index is 0.169. The summed E-state index contributed by atoms with van der Waals surface area (Å²) in [6.07, 6.45) is 1.22. The van der Waals surface area contributed by atoms with Crippen LogP contribution in [-0.4, -0.2) is 42.5 Å². The van der Waals surface area contributed by atoms with E-state index in [4.69, 9.17) is 0 Å². The second kappa shape index (κ2) is 6.64. The summed E-state index contributed by atoms with van der Waals surface area (Å²) in [5, 5.41) is 0. The van der Waals surface area contributed by atoms with Crippen molar-refractivity contribution in [3.63, 3.8) is 0 Å². The van der Waals surface area contributed by atoms with Crippen molar-refractivity contribution >= 4 is 15.9 Å². The number of halogens is 2. The molecule has 0 aromatic heterocycles. The molecule has 0 unspecified atom stereocenters. The zero-order valence-electron chi connectivity index (χ0n) is 10.8. The molecule has 1 fully saturated rings. The van der Waals surface area contributed by atoms with Gasteiger partial charge in [-0.2, -0.15) is 0 Å². The second-order valence-electron chi connectivity index (χ2n) is 4.83. The first-order valence-electron chi connectivity index (χ1n) is 6.58. The van der Waals surface area contributed by atoms with Crippen molar-refractivity contribution in [2.45, 2.75) is 19.9 Å². The van der Waals surface area contributed by atoms with Crippen LogP contribution in [0.1, 0.15) is 18.9 Å². The van der Waals surface area contributed by atoms with E-state index in [-0.39, 0.29) is 5.82 Å². The zero-order valence-corrected chi connectivity index (χ0v) is 12.4.